The summed E-state index contributed by atoms with van der Waals surface area (Å²) in [5.41, 5.74) is 1.37. The van der Waals surface area contributed by atoms with Crippen LogP contribution in [0.2, 0.25) is 0 Å². The van der Waals surface area contributed by atoms with Gasteiger partial charge in [0.1, 0.15) is 5.75 Å². The molecule has 2 aromatic rings. The number of unbranched alkanes of at least 4 members (excludes halogenated alkanes) is 1. The molecule has 0 saturated heterocycles. The molecular formula is C20H26N2O4S. The van der Waals surface area contributed by atoms with E-state index in [-0.39, 0.29) is 17.3 Å². The molecule has 0 aromatic heterocycles. The van der Waals surface area contributed by atoms with E-state index in [4.69, 9.17) is 4.74 Å². The fourth-order valence-corrected chi connectivity index (χ4v) is 3.67. The zero-order valence-corrected chi connectivity index (χ0v) is 16.8. The van der Waals surface area contributed by atoms with Gasteiger partial charge < -0.3 is 10.1 Å². The van der Waals surface area contributed by atoms with Crippen molar-refractivity contribution in [2.24, 2.45) is 0 Å². The maximum Gasteiger partial charge on any atom is 0.251 e. The van der Waals surface area contributed by atoms with Gasteiger partial charge in [0.2, 0.25) is 10.0 Å². The molecule has 2 rings (SSSR count). The van der Waals surface area contributed by atoms with Crippen LogP contribution in [-0.2, 0) is 16.6 Å². The summed E-state index contributed by atoms with van der Waals surface area (Å²) in [6.07, 6.45) is 1.96. The third-order valence-electron chi connectivity index (χ3n) is 4.20. The first-order valence-corrected chi connectivity index (χ1v) is 10.3. The summed E-state index contributed by atoms with van der Waals surface area (Å²) in [4.78, 5) is 12.2. The van der Waals surface area contributed by atoms with Crippen molar-refractivity contribution in [2.75, 3.05) is 20.7 Å². The van der Waals surface area contributed by atoms with Crippen molar-refractivity contribution in [2.45, 2.75) is 31.2 Å². The summed E-state index contributed by atoms with van der Waals surface area (Å²) in [7, 11) is -0.541. The van der Waals surface area contributed by atoms with E-state index in [1.54, 1.807) is 36.4 Å². The van der Waals surface area contributed by atoms with Crippen molar-refractivity contribution in [1.82, 2.24) is 9.62 Å². The second-order valence-electron chi connectivity index (χ2n) is 6.24. The molecule has 0 aliphatic carbocycles. The molecule has 0 heterocycles. The number of nitrogens with zero attached hydrogens (tertiary/aromatic N) is 1. The highest BCUT2D eigenvalue weighted by Gasteiger charge is 2.21. The molecule has 0 aliphatic rings. The Morgan fingerprint density at radius 1 is 1.07 bits per heavy atom. The third kappa shape index (κ3) is 5.55. The van der Waals surface area contributed by atoms with Crippen LogP contribution in [0, 0.1) is 0 Å². The Bertz CT molecular complexity index is 847. The van der Waals surface area contributed by atoms with E-state index in [0.717, 1.165) is 18.4 Å². The maximum atomic E-state index is 12.7. The average molecular weight is 391 g/mol. The largest absolute Gasteiger partial charge is 0.497 e. The SMILES string of the molecule is CCCCNC(=O)c1ccc(CN(C)S(=O)(=O)c2ccc(OC)cc2)cc1. The first-order valence-electron chi connectivity index (χ1n) is 8.86. The van der Waals surface area contributed by atoms with Gasteiger partial charge in [0.25, 0.3) is 5.91 Å². The molecule has 1 amide bonds. The van der Waals surface area contributed by atoms with Crippen LogP contribution in [0.25, 0.3) is 0 Å². The second-order valence-corrected chi connectivity index (χ2v) is 8.29. The van der Waals surface area contributed by atoms with Gasteiger partial charge in [-0.3, -0.25) is 4.79 Å². The number of rotatable bonds is 9. The molecule has 0 radical (unpaired) electrons. The van der Waals surface area contributed by atoms with E-state index < -0.39 is 10.0 Å². The minimum atomic E-state index is -3.61. The summed E-state index contributed by atoms with van der Waals surface area (Å²) >= 11 is 0. The van der Waals surface area contributed by atoms with Gasteiger partial charge in [-0.25, -0.2) is 8.42 Å². The predicted molar refractivity (Wildman–Crippen MR) is 105 cm³/mol. The Balaban J connectivity index is 2.03. The van der Waals surface area contributed by atoms with Gasteiger partial charge in [-0.1, -0.05) is 25.5 Å². The number of nitrogens with one attached hydrogen (secondary N) is 1. The smallest absolute Gasteiger partial charge is 0.251 e. The fourth-order valence-electron chi connectivity index (χ4n) is 2.51. The van der Waals surface area contributed by atoms with E-state index in [1.807, 2.05) is 0 Å². The highest BCUT2D eigenvalue weighted by molar-refractivity contribution is 7.89. The predicted octanol–water partition coefficient (Wildman–Crippen LogP) is 3.05. The lowest BCUT2D eigenvalue weighted by atomic mass is 10.1. The molecule has 27 heavy (non-hydrogen) atoms. The Morgan fingerprint density at radius 2 is 1.70 bits per heavy atom. The van der Waals surface area contributed by atoms with Crippen LogP contribution in [0.15, 0.2) is 53.4 Å². The molecule has 0 bridgehead atoms. The Hall–Kier alpha value is -2.38. The molecule has 146 valence electrons. The molecule has 0 saturated carbocycles. The average Bonchev–Trinajstić information content (AvgIpc) is 2.68. The molecule has 0 fully saturated rings. The fraction of sp³-hybridized carbons (Fsp3) is 0.350. The summed E-state index contributed by atoms with van der Waals surface area (Å²) in [6.45, 7) is 2.93. The number of ether oxygens (including phenoxy) is 1. The molecule has 2 aromatic carbocycles. The van der Waals surface area contributed by atoms with Crippen LogP contribution < -0.4 is 10.1 Å². The molecule has 0 aliphatic heterocycles. The van der Waals surface area contributed by atoms with Gasteiger partial charge in [-0.2, -0.15) is 4.31 Å². The van der Waals surface area contributed by atoms with E-state index >= 15 is 0 Å². The van der Waals surface area contributed by atoms with Gasteiger partial charge in [0.15, 0.2) is 0 Å². The van der Waals surface area contributed by atoms with Gasteiger partial charge in [-0.05, 0) is 48.4 Å². The van der Waals surface area contributed by atoms with Crippen LogP contribution >= 0.6 is 0 Å². The minimum absolute atomic E-state index is 0.116. The standard InChI is InChI=1S/C20H26N2O4S/c1-4-5-14-21-20(23)17-8-6-16(7-9-17)15-22(2)27(24,25)19-12-10-18(26-3)11-13-19/h6-13H,4-5,14-15H2,1-3H3,(H,21,23). The molecule has 7 heteroatoms. The van der Waals surface area contributed by atoms with Crippen molar-refractivity contribution in [3.05, 3.63) is 59.7 Å². The van der Waals surface area contributed by atoms with Gasteiger partial charge in [-0.15, -0.1) is 0 Å². The normalized spacial score (nSPS) is 11.4. The lowest BCUT2D eigenvalue weighted by Crippen LogP contribution is -2.26. The molecule has 0 atom stereocenters. The summed E-state index contributed by atoms with van der Waals surface area (Å²) in [6, 6.07) is 13.3. The monoisotopic (exact) mass is 390 g/mol. The molecule has 1 N–H and O–H groups in total. The quantitative estimate of drug-likeness (QED) is 0.668. The van der Waals surface area contributed by atoms with Crippen LogP contribution in [0.1, 0.15) is 35.7 Å². The van der Waals surface area contributed by atoms with Crippen LogP contribution in [0.4, 0.5) is 0 Å². The van der Waals surface area contributed by atoms with Crippen LogP contribution in [0.3, 0.4) is 0 Å². The first kappa shape index (κ1) is 20.9. The number of hydrogen-bond donors (Lipinski definition) is 1. The lowest BCUT2D eigenvalue weighted by molar-refractivity contribution is 0.0953. The number of methoxy groups -OCH3 is 1. The first-order chi connectivity index (χ1) is 12.9. The topological polar surface area (TPSA) is 75.7 Å². The van der Waals surface area contributed by atoms with Gasteiger partial charge in [0, 0.05) is 25.7 Å². The van der Waals surface area contributed by atoms with Gasteiger partial charge in [0.05, 0.1) is 12.0 Å². The molecule has 0 spiro atoms. The van der Waals surface area contributed by atoms with Crippen molar-refractivity contribution in [1.29, 1.82) is 0 Å². The summed E-state index contributed by atoms with van der Waals surface area (Å²) in [5.74, 6) is 0.485. The van der Waals surface area contributed by atoms with Gasteiger partial charge >= 0.3 is 0 Å². The van der Waals surface area contributed by atoms with E-state index in [9.17, 15) is 13.2 Å². The van der Waals surface area contributed by atoms with E-state index in [0.29, 0.717) is 17.9 Å². The summed E-state index contributed by atoms with van der Waals surface area (Å²) in [5, 5.41) is 2.86. The number of carbonyl (C=O) groups excluding carboxylic acids is 1. The lowest BCUT2D eigenvalue weighted by Gasteiger charge is -2.17. The zero-order valence-electron chi connectivity index (χ0n) is 15.9. The molecule has 6 nitrogen and oxygen atoms in total. The van der Waals surface area contributed by atoms with Crippen LogP contribution in [-0.4, -0.2) is 39.3 Å². The highest BCUT2D eigenvalue weighted by atomic mass is 32.2. The van der Waals surface area contributed by atoms with Crippen molar-refractivity contribution >= 4 is 15.9 Å². The van der Waals surface area contributed by atoms with Crippen molar-refractivity contribution in [3.63, 3.8) is 0 Å². The number of benzene rings is 2. The van der Waals surface area contributed by atoms with Crippen molar-refractivity contribution < 1.29 is 17.9 Å². The second kappa shape index (κ2) is 9.53. The number of sulfonamides is 1. The third-order valence-corrected chi connectivity index (χ3v) is 6.02. The Labute approximate surface area is 161 Å². The molecular weight excluding hydrogens is 364 g/mol. The number of amides is 1. The summed E-state index contributed by atoms with van der Waals surface area (Å²) < 4.78 is 31.7. The van der Waals surface area contributed by atoms with Crippen LogP contribution in [0.5, 0.6) is 5.75 Å². The number of carbonyl (C=O) groups is 1. The molecule has 0 unspecified atom stereocenters. The van der Waals surface area contributed by atoms with E-state index in [1.165, 1.54) is 30.6 Å². The van der Waals surface area contributed by atoms with Crippen molar-refractivity contribution in [3.8, 4) is 5.75 Å². The Kier molecular flexibility index (Phi) is 7.38. The minimum Gasteiger partial charge on any atom is -0.497 e. The maximum absolute atomic E-state index is 12.7. The van der Waals surface area contributed by atoms with E-state index in [2.05, 4.69) is 12.2 Å². The highest BCUT2D eigenvalue weighted by Crippen LogP contribution is 2.20. The number of hydrogen-bond acceptors (Lipinski definition) is 4. The Morgan fingerprint density at radius 3 is 2.26 bits per heavy atom. The zero-order chi connectivity index (χ0) is 19.9.